The summed E-state index contributed by atoms with van der Waals surface area (Å²) in [4.78, 5) is 10.4. The number of carboxylic acids is 1. The van der Waals surface area contributed by atoms with Gasteiger partial charge in [-0.3, -0.25) is 9.48 Å². The van der Waals surface area contributed by atoms with Crippen LogP contribution in [-0.4, -0.2) is 40.8 Å². The zero-order chi connectivity index (χ0) is 12.5. The minimum absolute atomic E-state index is 0.0641. The van der Waals surface area contributed by atoms with Crippen LogP contribution in [0.25, 0.3) is 0 Å². The lowest BCUT2D eigenvalue weighted by molar-refractivity contribution is -0.136. The second kappa shape index (κ2) is 4.48. The first-order valence-electron chi connectivity index (χ1n) is 5.41. The molecule has 2 heterocycles. The normalized spacial score (nSPS) is 22.7. The maximum absolute atomic E-state index is 11.3. The summed E-state index contributed by atoms with van der Waals surface area (Å²) in [5.41, 5.74) is 0.830. The van der Waals surface area contributed by atoms with Crippen molar-refractivity contribution in [2.75, 3.05) is 11.5 Å². The molecule has 1 aliphatic heterocycles. The Kier molecular flexibility index (Phi) is 3.19. The van der Waals surface area contributed by atoms with Crippen LogP contribution < -0.4 is 0 Å². The third kappa shape index (κ3) is 3.06. The Balaban J connectivity index is 2.01. The number of aromatic nitrogens is 2. The van der Waals surface area contributed by atoms with E-state index in [4.69, 9.17) is 5.11 Å². The van der Waals surface area contributed by atoms with Gasteiger partial charge in [0, 0.05) is 12.6 Å². The first-order valence-corrected chi connectivity index (χ1v) is 7.24. The van der Waals surface area contributed by atoms with Crippen LogP contribution in [-0.2, 0) is 21.1 Å². The fourth-order valence-corrected chi connectivity index (χ4v) is 3.64. The lowest BCUT2D eigenvalue weighted by atomic mass is 10.2. The summed E-state index contributed by atoms with van der Waals surface area (Å²) in [5.74, 6) is -0.504. The molecule has 0 bridgehead atoms. The molecule has 0 aliphatic carbocycles. The van der Waals surface area contributed by atoms with Crippen molar-refractivity contribution < 1.29 is 18.3 Å². The van der Waals surface area contributed by atoms with Crippen molar-refractivity contribution in [3.05, 3.63) is 18.0 Å². The zero-order valence-corrected chi connectivity index (χ0v) is 10.1. The number of hydrogen-bond donors (Lipinski definition) is 1. The van der Waals surface area contributed by atoms with Crippen LogP contribution in [0.5, 0.6) is 0 Å². The number of carbonyl (C=O) groups is 1. The second-order valence-corrected chi connectivity index (χ2v) is 6.51. The van der Waals surface area contributed by atoms with Crippen molar-refractivity contribution in [3.63, 3.8) is 0 Å². The fourth-order valence-electron chi connectivity index (χ4n) is 1.94. The van der Waals surface area contributed by atoms with Gasteiger partial charge in [-0.2, -0.15) is 5.10 Å². The molecule has 1 atom stereocenters. The summed E-state index contributed by atoms with van der Waals surface area (Å²) in [6.07, 6.45) is 4.42. The Morgan fingerprint density at radius 2 is 2.35 bits per heavy atom. The van der Waals surface area contributed by atoms with Gasteiger partial charge < -0.3 is 5.11 Å². The van der Waals surface area contributed by atoms with E-state index in [0.29, 0.717) is 12.8 Å². The van der Waals surface area contributed by atoms with Gasteiger partial charge in [0.15, 0.2) is 9.84 Å². The molecule has 0 saturated carbocycles. The first-order chi connectivity index (χ1) is 7.96. The molecular formula is C10H14N2O4S. The summed E-state index contributed by atoms with van der Waals surface area (Å²) >= 11 is 0. The molecule has 1 aromatic rings. The van der Waals surface area contributed by atoms with Gasteiger partial charge in [-0.25, -0.2) is 8.42 Å². The van der Waals surface area contributed by atoms with E-state index < -0.39 is 15.8 Å². The van der Waals surface area contributed by atoms with Crippen LogP contribution in [0, 0.1) is 0 Å². The molecule has 1 fully saturated rings. The molecule has 0 amide bonds. The lowest BCUT2D eigenvalue weighted by Crippen LogP contribution is -2.11. The average molecular weight is 258 g/mol. The van der Waals surface area contributed by atoms with Crippen LogP contribution in [0.2, 0.25) is 0 Å². The van der Waals surface area contributed by atoms with Crippen molar-refractivity contribution in [3.8, 4) is 0 Å². The van der Waals surface area contributed by atoms with E-state index >= 15 is 0 Å². The van der Waals surface area contributed by atoms with Gasteiger partial charge in [-0.1, -0.05) is 0 Å². The number of rotatable bonds is 4. The monoisotopic (exact) mass is 258 g/mol. The van der Waals surface area contributed by atoms with E-state index in [1.807, 2.05) is 0 Å². The molecule has 1 N–H and O–H groups in total. The van der Waals surface area contributed by atoms with E-state index in [-0.39, 0.29) is 24.0 Å². The first kappa shape index (κ1) is 12.1. The highest BCUT2D eigenvalue weighted by atomic mass is 32.2. The van der Waals surface area contributed by atoms with E-state index in [0.717, 1.165) is 5.56 Å². The van der Waals surface area contributed by atoms with Crippen LogP contribution in [0.4, 0.5) is 0 Å². The standard InChI is InChI=1S/C10H14N2O4S/c13-10(14)2-1-8-5-11-12(6-8)9-3-4-17(15,16)7-9/h5-6,9H,1-4,7H2,(H,13,14). The van der Waals surface area contributed by atoms with Gasteiger partial charge in [0.2, 0.25) is 0 Å². The van der Waals surface area contributed by atoms with Crippen LogP contribution >= 0.6 is 0 Å². The molecule has 94 valence electrons. The van der Waals surface area contributed by atoms with Crippen molar-refractivity contribution in [2.45, 2.75) is 25.3 Å². The van der Waals surface area contributed by atoms with Crippen molar-refractivity contribution >= 4 is 15.8 Å². The molecule has 1 unspecified atom stereocenters. The molecule has 0 aromatic carbocycles. The Labute approximate surface area is 99.2 Å². The number of hydrogen-bond acceptors (Lipinski definition) is 4. The zero-order valence-electron chi connectivity index (χ0n) is 9.24. The van der Waals surface area contributed by atoms with Crippen LogP contribution in [0.3, 0.4) is 0 Å². The molecule has 17 heavy (non-hydrogen) atoms. The third-order valence-electron chi connectivity index (χ3n) is 2.87. The summed E-state index contributed by atoms with van der Waals surface area (Å²) in [5, 5.41) is 12.7. The Morgan fingerprint density at radius 1 is 1.59 bits per heavy atom. The van der Waals surface area contributed by atoms with Gasteiger partial charge >= 0.3 is 5.97 Å². The molecule has 0 spiro atoms. The van der Waals surface area contributed by atoms with Crippen molar-refractivity contribution in [1.82, 2.24) is 9.78 Å². The molecule has 6 nitrogen and oxygen atoms in total. The maximum atomic E-state index is 11.3. The smallest absolute Gasteiger partial charge is 0.303 e. The fraction of sp³-hybridized carbons (Fsp3) is 0.600. The number of carboxylic acid groups (broad SMARTS) is 1. The Morgan fingerprint density at radius 3 is 2.94 bits per heavy atom. The summed E-state index contributed by atoms with van der Waals surface area (Å²) < 4.78 is 24.3. The SMILES string of the molecule is O=C(O)CCc1cnn(C2CCS(=O)(=O)C2)c1. The van der Waals surface area contributed by atoms with E-state index in [2.05, 4.69) is 5.10 Å². The quantitative estimate of drug-likeness (QED) is 0.836. The lowest BCUT2D eigenvalue weighted by Gasteiger charge is -2.06. The van der Waals surface area contributed by atoms with Gasteiger partial charge in [0.25, 0.3) is 0 Å². The predicted octanol–water partition coefficient (Wildman–Crippen LogP) is 0.260. The molecule has 7 heteroatoms. The van der Waals surface area contributed by atoms with Gasteiger partial charge in [0.05, 0.1) is 23.7 Å². The summed E-state index contributed by atoms with van der Waals surface area (Å²) in [7, 11) is -2.92. The average Bonchev–Trinajstić information content (AvgIpc) is 2.81. The molecule has 2 rings (SSSR count). The molecule has 0 radical (unpaired) electrons. The van der Waals surface area contributed by atoms with E-state index in [1.54, 1.807) is 17.1 Å². The van der Waals surface area contributed by atoms with E-state index in [9.17, 15) is 13.2 Å². The van der Waals surface area contributed by atoms with Crippen LogP contribution in [0.1, 0.15) is 24.4 Å². The van der Waals surface area contributed by atoms with Gasteiger partial charge in [-0.15, -0.1) is 0 Å². The summed E-state index contributed by atoms with van der Waals surface area (Å²) in [6.45, 7) is 0. The number of sulfone groups is 1. The molecule has 1 saturated heterocycles. The Bertz CT molecular complexity index is 520. The highest BCUT2D eigenvalue weighted by molar-refractivity contribution is 7.91. The predicted molar refractivity (Wildman–Crippen MR) is 60.5 cm³/mol. The third-order valence-corrected chi connectivity index (χ3v) is 4.62. The highest BCUT2D eigenvalue weighted by Crippen LogP contribution is 2.23. The van der Waals surface area contributed by atoms with Crippen LogP contribution in [0.15, 0.2) is 12.4 Å². The topological polar surface area (TPSA) is 89.3 Å². The minimum Gasteiger partial charge on any atom is -0.481 e. The molecule has 1 aromatic heterocycles. The maximum Gasteiger partial charge on any atom is 0.303 e. The largest absolute Gasteiger partial charge is 0.481 e. The van der Waals surface area contributed by atoms with Crippen molar-refractivity contribution in [2.24, 2.45) is 0 Å². The number of nitrogens with zero attached hydrogens (tertiary/aromatic N) is 2. The van der Waals surface area contributed by atoms with Gasteiger partial charge in [-0.05, 0) is 18.4 Å². The second-order valence-electron chi connectivity index (χ2n) is 4.28. The molecule has 1 aliphatic rings. The van der Waals surface area contributed by atoms with Crippen molar-refractivity contribution in [1.29, 1.82) is 0 Å². The highest BCUT2D eigenvalue weighted by Gasteiger charge is 2.29. The summed E-state index contributed by atoms with van der Waals surface area (Å²) in [6, 6.07) is -0.0985. The minimum atomic E-state index is -2.92. The van der Waals surface area contributed by atoms with E-state index in [1.165, 1.54) is 0 Å². The molecular weight excluding hydrogens is 244 g/mol. The van der Waals surface area contributed by atoms with Gasteiger partial charge in [0.1, 0.15) is 0 Å². The number of aliphatic carboxylic acids is 1. The Hall–Kier alpha value is -1.37. The number of aryl methyl sites for hydroxylation is 1.